The molecular formula is C18H36O4Si. The van der Waals surface area contributed by atoms with Crippen LogP contribution in [0.5, 0.6) is 0 Å². The van der Waals surface area contributed by atoms with Gasteiger partial charge in [0.2, 0.25) is 0 Å². The van der Waals surface area contributed by atoms with Gasteiger partial charge in [-0.2, -0.15) is 0 Å². The maximum Gasteiger partial charge on any atom is 0.191 e. The second kappa shape index (κ2) is 8.74. The number of aldehydes is 1. The van der Waals surface area contributed by atoms with Gasteiger partial charge >= 0.3 is 0 Å². The topological polar surface area (TPSA) is 44.8 Å². The van der Waals surface area contributed by atoms with E-state index in [1.54, 1.807) is 0 Å². The third-order valence-electron chi connectivity index (χ3n) is 5.25. The zero-order valence-electron chi connectivity index (χ0n) is 16.1. The molecule has 0 radical (unpaired) electrons. The fourth-order valence-electron chi connectivity index (χ4n) is 2.50. The summed E-state index contributed by atoms with van der Waals surface area (Å²) in [6.07, 6.45) is 3.79. The molecule has 0 aromatic carbocycles. The second-order valence-corrected chi connectivity index (χ2v) is 13.2. The lowest BCUT2D eigenvalue weighted by Crippen LogP contribution is -2.44. The van der Waals surface area contributed by atoms with Gasteiger partial charge in [0, 0.05) is 25.0 Å². The van der Waals surface area contributed by atoms with Gasteiger partial charge in [0.15, 0.2) is 14.6 Å². The predicted molar refractivity (Wildman–Crippen MR) is 96.0 cm³/mol. The highest BCUT2D eigenvalue weighted by Crippen LogP contribution is 2.37. The Morgan fingerprint density at radius 3 is 2.39 bits per heavy atom. The van der Waals surface area contributed by atoms with Crippen LogP contribution in [0.2, 0.25) is 18.1 Å². The summed E-state index contributed by atoms with van der Waals surface area (Å²) in [4.78, 5) is 11.3. The van der Waals surface area contributed by atoms with Gasteiger partial charge in [-0.1, -0.05) is 34.6 Å². The highest BCUT2D eigenvalue weighted by molar-refractivity contribution is 6.74. The van der Waals surface area contributed by atoms with Crippen LogP contribution in [0.15, 0.2) is 0 Å². The van der Waals surface area contributed by atoms with Gasteiger partial charge in [0.1, 0.15) is 6.29 Å². The van der Waals surface area contributed by atoms with E-state index in [-0.39, 0.29) is 29.3 Å². The maximum atomic E-state index is 11.3. The van der Waals surface area contributed by atoms with Gasteiger partial charge in [-0.05, 0) is 37.4 Å². The maximum absolute atomic E-state index is 11.3. The van der Waals surface area contributed by atoms with E-state index in [2.05, 4.69) is 40.8 Å². The molecule has 0 aromatic heterocycles. The molecule has 1 aliphatic heterocycles. The van der Waals surface area contributed by atoms with Gasteiger partial charge in [0.05, 0.1) is 6.10 Å². The highest BCUT2D eigenvalue weighted by Gasteiger charge is 2.38. The molecule has 4 atom stereocenters. The Hall–Kier alpha value is -0.233. The molecule has 0 N–H and O–H groups in total. The number of rotatable bonds is 8. The first-order valence-electron chi connectivity index (χ1n) is 8.95. The third-order valence-corrected chi connectivity index (χ3v) is 9.75. The van der Waals surface area contributed by atoms with Crippen molar-refractivity contribution < 1.29 is 18.7 Å². The lowest BCUT2D eigenvalue weighted by Gasteiger charge is -2.39. The molecule has 1 fully saturated rings. The van der Waals surface area contributed by atoms with Crippen LogP contribution in [-0.2, 0) is 18.7 Å². The summed E-state index contributed by atoms with van der Waals surface area (Å²) in [6, 6.07) is 0. The normalized spacial score (nSPS) is 24.0. The van der Waals surface area contributed by atoms with Gasteiger partial charge in [-0.3, -0.25) is 0 Å². The largest absolute Gasteiger partial charge is 0.416 e. The zero-order chi connectivity index (χ0) is 17.7. The minimum atomic E-state index is -1.79. The minimum Gasteiger partial charge on any atom is -0.416 e. The van der Waals surface area contributed by atoms with Gasteiger partial charge in [-0.15, -0.1) is 0 Å². The lowest BCUT2D eigenvalue weighted by molar-refractivity contribution is -0.207. The van der Waals surface area contributed by atoms with Gasteiger partial charge in [-0.25, -0.2) is 0 Å². The molecule has 0 bridgehead atoms. The van der Waals surface area contributed by atoms with Crippen molar-refractivity contribution >= 4 is 14.6 Å². The Morgan fingerprint density at radius 1 is 1.26 bits per heavy atom. The van der Waals surface area contributed by atoms with Crippen LogP contribution < -0.4 is 0 Å². The van der Waals surface area contributed by atoms with Crippen molar-refractivity contribution in [3.63, 3.8) is 0 Å². The fraction of sp³-hybridized carbons (Fsp3) is 0.944. The summed E-state index contributed by atoms with van der Waals surface area (Å²) in [6.45, 7) is 16.6. The summed E-state index contributed by atoms with van der Waals surface area (Å²) in [5.74, 6) is 0.00777. The molecule has 1 heterocycles. The summed E-state index contributed by atoms with van der Waals surface area (Å²) < 4.78 is 18.1. The summed E-state index contributed by atoms with van der Waals surface area (Å²) in [7, 11) is -1.79. The van der Waals surface area contributed by atoms with Crippen LogP contribution >= 0.6 is 0 Å². The molecule has 1 rings (SSSR count). The van der Waals surface area contributed by atoms with Crippen molar-refractivity contribution in [1.82, 2.24) is 0 Å². The highest BCUT2D eigenvalue weighted by atomic mass is 28.4. The number of hydrogen-bond donors (Lipinski definition) is 0. The van der Waals surface area contributed by atoms with E-state index in [0.717, 1.165) is 32.2 Å². The molecule has 0 aromatic rings. The number of carbonyl (C=O) groups is 1. The number of carbonyl (C=O) groups excluding carboxylic acids is 1. The molecule has 0 spiro atoms. The van der Waals surface area contributed by atoms with Crippen molar-refractivity contribution in [2.24, 2.45) is 11.8 Å². The first-order chi connectivity index (χ1) is 10.6. The van der Waals surface area contributed by atoms with E-state index < -0.39 is 8.32 Å². The number of ether oxygens (including phenoxy) is 2. The van der Waals surface area contributed by atoms with Crippen LogP contribution in [0.4, 0.5) is 0 Å². The average Bonchev–Trinajstić information content (AvgIpc) is 2.49. The van der Waals surface area contributed by atoms with Crippen LogP contribution in [0.1, 0.15) is 53.9 Å². The molecule has 0 amide bonds. The predicted octanol–water partition coefficient (Wildman–Crippen LogP) is 4.39. The first-order valence-corrected chi connectivity index (χ1v) is 11.9. The molecule has 4 nitrogen and oxygen atoms in total. The smallest absolute Gasteiger partial charge is 0.191 e. The van der Waals surface area contributed by atoms with Crippen molar-refractivity contribution in [3.8, 4) is 0 Å². The molecule has 136 valence electrons. The monoisotopic (exact) mass is 344 g/mol. The molecule has 1 aliphatic rings. The zero-order valence-corrected chi connectivity index (χ0v) is 17.1. The Kier molecular flexibility index (Phi) is 7.91. The molecule has 0 saturated carbocycles. The first kappa shape index (κ1) is 20.8. The Labute approximate surface area is 143 Å². The van der Waals surface area contributed by atoms with Crippen LogP contribution in [0.25, 0.3) is 0 Å². The van der Waals surface area contributed by atoms with Crippen LogP contribution in [-0.4, -0.2) is 40.2 Å². The van der Waals surface area contributed by atoms with Crippen molar-refractivity contribution in [2.45, 2.75) is 84.4 Å². The molecule has 1 saturated heterocycles. The quantitative estimate of drug-likeness (QED) is 0.484. The van der Waals surface area contributed by atoms with E-state index in [1.165, 1.54) is 0 Å². The molecular weight excluding hydrogens is 308 g/mol. The van der Waals surface area contributed by atoms with Gasteiger partial charge < -0.3 is 18.7 Å². The Morgan fingerprint density at radius 2 is 1.91 bits per heavy atom. The summed E-state index contributed by atoms with van der Waals surface area (Å²) in [5.41, 5.74) is 0. The van der Waals surface area contributed by atoms with E-state index in [0.29, 0.717) is 6.61 Å². The average molecular weight is 345 g/mol. The standard InChI is InChI=1S/C18H36O4Si/c1-14(12-19)17(22-16-10-8-9-11-20-16)15(2)13-21-23(6,7)18(3,4)5/h12,14-17H,8-11,13H2,1-7H3/t14-,15-,16?,17-/m0/s1. The Bertz CT molecular complexity index is 359. The molecule has 23 heavy (non-hydrogen) atoms. The van der Waals surface area contributed by atoms with Crippen molar-refractivity contribution in [3.05, 3.63) is 0 Å². The third kappa shape index (κ3) is 6.29. The summed E-state index contributed by atoms with van der Waals surface area (Å²) >= 11 is 0. The van der Waals surface area contributed by atoms with Crippen LogP contribution in [0.3, 0.4) is 0 Å². The molecule has 1 unspecified atom stereocenters. The van der Waals surface area contributed by atoms with E-state index >= 15 is 0 Å². The lowest BCUT2D eigenvalue weighted by atomic mass is 9.95. The van der Waals surface area contributed by atoms with Crippen molar-refractivity contribution in [1.29, 1.82) is 0 Å². The van der Waals surface area contributed by atoms with E-state index in [4.69, 9.17) is 13.9 Å². The molecule has 5 heteroatoms. The SMILES string of the molecule is C[C@@H](C=O)[C@H](OC1CCCCO1)[C@@H](C)CO[Si](C)(C)C(C)(C)C. The number of hydrogen-bond acceptors (Lipinski definition) is 4. The second-order valence-electron chi connectivity index (χ2n) is 8.44. The van der Waals surface area contributed by atoms with Crippen molar-refractivity contribution in [2.75, 3.05) is 13.2 Å². The minimum absolute atomic E-state index is 0.152. The van der Waals surface area contributed by atoms with E-state index in [1.807, 2.05) is 6.92 Å². The molecule has 0 aliphatic carbocycles. The fourth-order valence-corrected chi connectivity index (χ4v) is 3.61. The van der Waals surface area contributed by atoms with E-state index in [9.17, 15) is 4.79 Å². The van der Waals surface area contributed by atoms with Gasteiger partial charge in [0.25, 0.3) is 0 Å². The Balaban J connectivity index is 2.64. The van der Waals surface area contributed by atoms with Crippen LogP contribution in [0, 0.1) is 11.8 Å². The summed E-state index contributed by atoms with van der Waals surface area (Å²) in [5, 5.41) is 0.186.